The monoisotopic (exact) mass is 450 g/mol. The molecule has 33 heavy (non-hydrogen) atoms. The highest BCUT2D eigenvalue weighted by Crippen LogP contribution is 2.29. The number of nitrogens with zero attached hydrogens (tertiary/aromatic N) is 1. The maximum absolute atomic E-state index is 12.3. The Balaban J connectivity index is 1.65. The predicted molar refractivity (Wildman–Crippen MR) is 123 cm³/mol. The van der Waals surface area contributed by atoms with Crippen molar-refractivity contribution in [3.05, 3.63) is 59.3 Å². The van der Waals surface area contributed by atoms with Gasteiger partial charge in [0, 0.05) is 28.4 Å². The number of carbonyl (C=O) groups excluding carboxylic acids is 2. The number of methoxy groups -OCH3 is 1. The van der Waals surface area contributed by atoms with E-state index in [2.05, 4.69) is 5.32 Å². The van der Waals surface area contributed by atoms with E-state index in [-0.39, 0.29) is 17.5 Å². The number of carboxylic acid groups (broad SMARTS) is 1. The van der Waals surface area contributed by atoms with Gasteiger partial charge in [-0.2, -0.15) is 0 Å². The molecule has 172 valence electrons. The Morgan fingerprint density at radius 2 is 1.88 bits per heavy atom. The largest absolute Gasteiger partial charge is 0.496 e. The van der Waals surface area contributed by atoms with Crippen LogP contribution < -0.4 is 10.1 Å². The molecule has 8 heteroatoms. The van der Waals surface area contributed by atoms with Gasteiger partial charge in [0.25, 0.3) is 0 Å². The first-order chi connectivity index (χ1) is 15.9. The van der Waals surface area contributed by atoms with Crippen LogP contribution in [0.5, 0.6) is 5.75 Å². The lowest BCUT2D eigenvalue weighted by atomic mass is 10.1. The van der Waals surface area contributed by atoms with Crippen LogP contribution in [-0.4, -0.2) is 40.7 Å². The summed E-state index contributed by atoms with van der Waals surface area (Å²) in [6.07, 6.45) is 5.16. The van der Waals surface area contributed by atoms with Gasteiger partial charge in [-0.3, -0.25) is 10.1 Å². The third kappa shape index (κ3) is 4.84. The van der Waals surface area contributed by atoms with Crippen molar-refractivity contribution in [3.8, 4) is 5.75 Å². The van der Waals surface area contributed by atoms with Crippen LogP contribution >= 0.6 is 0 Å². The van der Waals surface area contributed by atoms with Crippen LogP contribution in [0.2, 0.25) is 0 Å². The molecule has 0 saturated heterocycles. The molecule has 1 aliphatic rings. The van der Waals surface area contributed by atoms with Crippen LogP contribution in [-0.2, 0) is 11.3 Å². The number of rotatable bonds is 7. The van der Waals surface area contributed by atoms with Crippen molar-refractivity contribution in [1.29, 1.82) is 0 Å². The topological polar surface area (TPSA) is 107 Å². The number of carbonyl (C=O) groups is 3. The molecule has 1 saturated carbocycles. The number of ether oxygens (including phenoxy) is 2. The first kappa shape index (κ1) is 22.4. The summed E-state index contributed by atoms with van der Waals surface area (Å²) < 4.78 is 12.8. The van der Waals surface area contributed by atoms with Gasteiger partial charge in [0.1, 0.15) is 11.9 Å². The summed E-state index contributed by atoms with van der Waals surface area (Å²) in [5.74, 6) is -0.672. The highest BCUT2D eigenvalue weighted by Gasteiger charge is 2.20. The molecule has 0 radical (unpaired) electrons. The van der Waals surface area contributed by atoms with E-state index in [9.17, 15) is 19.5 Å². The summed E-state index contributed by atoms with van der Waals surface area (Å²) in [6, 6.07) is 10.0. The van der Waals surface area contributed by atoms with Gasteiger partial charge in [0.05, 0.1) is 24.7 Å². The summed E-state index contributed by atoms with van der Waals surface area (Å²) in [5.41, 5.74) is 2.76. The lowest BCUT2D eigenvalue weighted by Crippen LogP contribution is -2.20. The van der Waals surface area contributed by atoms with Crippen molar-refractivity contribution >= 4 is 34.4 Å². The van der Waals surface area contributed by atoms with E-state index in [1.807, 2.05) is 4.57 Å². The minimum Gasteiger partial charge on any atom is -0.496 e. The normalized spacial score (nSPS) is 13.8. The minimum atomic E-state index is -1.04. The van der Waals surface area contributed by atoms with Gasteiger partial charge in [-0.25, -0.2) is 9.59 Å². The third-order valence-electron chi connectivity index (χ3n) is 5.96. The lowest BCUT2D eigenvalue weighted by Gasteiger charge is -2.13. The van der Waals surface area contributed by atoms with Gasteiger partial charge < -0.3 is 19.1 Å². The Hall–Kier alpha value is -3.81. The Labute approximate surface area is 191 Å². The summed E-state index contributed by atoms with van der Waals surface area (Å²) >= 11 is 0. The van der Waals surface area contributed by atoms with Crippen molar-refractivity contribution in [2.24, 2.45) is 0 Å². The molecule has 1 aromatic heterocycles. The van der Waals surface area contributed by atoms with Crippen molar-refractivity contribution in [1.82, 2.24) is 4.57 Å². The summed E-state index contributed by atoms with van der Waals surface area (Å²) in [4.78, 5) is 35.8. The fourth-order valence-corrected chi connectivity index (χ4v) is 4.28. The number of Topliss-reactive ketones (excluding diaryl/α,β-unsaturated/α-hetero) is 1. The van der Waals surface area contributed by atoms with Crippen LogP contribution in [0.15, 0.2) is 42.6 Å². The zero-order valence-corrected chi connectivity index (χ0v) is 18.6. The second-order valence-corrected chi connectivity index (χ2v) is 8.23. The van der Waals surface area contributed by atoms with E-state index in [0.717, 1.165) is 42.1 Å². The van der Waals surface area contributed by atoms with Crippen molar-refractivity contribution in [3.63, 3.8) is 0 Å². The SMILES string of the molecule is COc1cc(C(=O)O)ccc1Cn1cc(C(C)=O)c2ccc(NC(=O)OC3CCCC3)cc21. The molecule has 2 aromatic carbocycles. The molecule has 1 aliphatic carbocycles. The van der Waals surface area contributed by atoms with E-state index in [4.69, 9.17) is 9.47 Å². The lowest BCUT2D eigenvalue weighted by molar-refractivity contribution is 0.0696. The Morgan fingerprint density at radius 3 is 2.55 bits per heavy atom. The summed E-state index contributed by atoms with van der Waals surface area (Å²) in [7, 11) is 1.48. The smallest absolute Gasteiger partial charge is 0.411 e. The van der Waals surface area contributed by atoms with Crippen LogP contribution in [0.25, 0.3) is 10.9 Å². The Bertz CT molecular complexity index is 1220. The number of aromatic nitrogens is 1. The number of hydrogen-bond donors (Lipinski definition) is 2. The average molecular weight is 450 g/mol. The van der Waals surface area contributed by atoms with E-state index in [0.29, 0.717) is 23.5 Å². The molecule has 8 nitrogen and oxygen atoms in total. The van der Waals surface area contributed by atoms with Gasteiger partial charge in [0.15, 0.2) is 5.78 Å². The molecular weight excluding hydrogens is 424 g/mol. The van der Waals surface area contributed by atoms with Crippen LogP contribution in [0.3, 0.4) is 0 Å². The average Bonchev–Trinajstić information content (AvgIpc) is 3.41. The molecule has 0 spiro atoms. The molecule has 0 unspecified atom stereocenters. The number of hydrogen-bond acceptors (Lipinski definition) is 5. The second kappa shape index (κ2) is 9.36. The highest BCUT2D eigenvalue weighted by atomic mass is 16.6. The number of carboxylic acids is 1. The maximum atomic E-state index is 12.3. The molecule has 1 heterocycles. The van der Waals surface area contributed by atoms with Crippen molar-refractivity contribution < 1.29 is 29.0 Å². The minimum absolute atomic E-state index is 0.0388. The number of fused-ring (bicyclic) bond motifs is 1. The molecule has 2 N–H and O–H groups in total. The Kier molecular flexibility index (Phi) is 6.35. The van der Waals surface area contributed by atoms with Crippen LogP contribution in [0.1, 0.15) is 58.9 Å². The van der Waals surface area contributed by atoms with E-state index < -0.39 is 12.1 Å². The quantitative estimate of drug-likeness (QED) is 0.486. The number of aromatic carboxylic acids is 1. The zero-order valence-electron chi connectivity index (χ0n) is 18.6. The number of ketones is 1. The second-order valence-electron chi connectivity index (χ2n) is 8.23. The van der Waals surface area contributed by atoms with Crippen LogP contribution in [0.4, 0.5) is 10.5 Å². The van der Waals surface area contributed by atoms with Gasteiger partial charge >= 0.3 is 12.1 Å². The number of nitrogens with one attached hydrogen (secondary N) is 1. The van der Waals surface area contributed by atoms with Crippen molar-refractivity contribution in [2.45, 2.75) is 45.3 Å². The van der Waals surface area contributed by atoms with Crippen LogP contribution in [0, 0.1) is 0 Å². The van der Waals surface area contributed by atoms with Gasteiger partial charge in [-0.05, 0) is 56.9 Å². The van der Waals surface area contributed by atoms with Gasteiger partial charge in [-0.1, -0.05) is 12.1 Å². The molecule has 4 rings (SSSR count). The summed E-state index contributed by atoms with van der Waals surface area (Å²) in [6.45, 7) is 1.86. The van der Waals surface area contributed by atoms with E-state index in [1.54, 1.807) is 30.5 Å². The maximum Gasteiger partial charge on any atom is 0.411 e. The Morgan fingerprint density at radius 1 is 1.12 bits per heavy atom. The standard InChI is InChI=1S/C25H26N2O6/c1-15(28)21-14-27(13-17-8-7-16(24(29)30)11-23(17)32-2)22-12-18(9-10-20(21)22)26-25(31)33-19-5-3-4-6-19/h7-12,14,19H,3-6,13H2,1-2H3,(H,26,31)(H,29,30). The molecular formula is C25H26N2O6. The summed E-state index contributed by atoms with van der Waals surface area (Å²) in [5, 5.41) is 12.8. The van der Waals surface area contributed by atoms with Crippen molar-refractivity contribution in [2.75, 3.05) is 12.4 Å². The molecule has 0 atom stereocenters. The number of benzene rings is 2. The fourth-order valence-electron chi connectivity index (χ4n) is 4.28. The first-order valence-corrected chi connectivity index (χ1v) is 10.9. The molecule has 3 aromatic rings. The zero-order chi connectivity index (χ0) is 23.5. The molecule has 1 fully saturated rings. The molecule has 1 amide bonds. The predicted octanol–water partition coefficient (Wildman–Crippen LogP) is 5.09. The van der Waals surface area contributed by atoms with E-state index in [1.165, 1.54) is 26.2 Å². The highest BCUT2D eigenvalue weighted by molar-refractivity contribution is 6.08. The van der Waals surface area contributed by atoms with Gasteiger partial charge in [0.2, 0.25) is 0 Å². The van der Waals surface area contributed by atoms with E-state index >= 15 is 0 Å². The third-order valence-corrected chi connectivity index (χ3v) is 5.96. The number of amides is 1. The number of anilines is 1. The fraction of sp³-hybridized carbons (Fsp3) is 0.320. The first-order valence-electron chi connectivity index (χ1n) is 10.9. The molecule has 0 aliphatic heterocycles. The molecule has 0 bridgehead atoms. The van der Waals surface area contributed by atoms with Gasteiger partial charge in [-0.15, -0.1) is 0 Å².